The van der Waals surface area contributed by atoms with E-state index >= 15 is 0 Å². The number of carbonyl (C=O) groups is 1. The first-order valence-corrected chi connectivity index (χ1v) is 6.32. The van der Waals surface area contributed by atoms with Gasteiger partial charge in [-0.3, -0.25) is 9.69 Å². The van der Waals surface area contributed by atoms with Crippen molar-refractivity contribution in [2.24, 2.45) is 5.92 Å². The van der Waals surface area contributed by atoms with Crippen molar-refractivity contribution >= 4 is 5.78 Å². The molecule has 1 saturated carbocycles. The van der Waals surface area contributed by atoms with E-state index in [1.165, 1.54) is 19.3 Å². The maximum atomic E-state index is 12.0. The van der Waals surface area contributed by atoms with E-state index in [0.717, 1.165) is 12.8 Å². The lowest BCUT2D eigenvalue weighted by molar-refractivity contribution is -0.126. The lowest BCUT2D eigenvalue weighted by atomic mass is 9.86. The zero-order valence-corrected chi connectivity index (χ0v) is 10.8. The van der Waals surface area contributed by atoms with E-state index in [9.17, 15) is 9.90 Å². The Morgan fingerprint density at radius 1 is 1.31 bits per heavy atom. The molecule has 1 aliphatic carbocycles. The summed E-state index contributed by atoms with van der Waals surface area (Å²) in [4.78, 5) is 14.0. The summed E-state index contributed by atoms with van der Waals surface area (Å²) >= 11 is 0. The minimum absolute atomic E-state index is 0.0848. The highest BCUT2D eigenvalue weighted by molar-refractivity contribution is 5.83. The minimum atomic E-state index is -0.301. The van der Waals surface area contributed by atoms with E-state index in [-0.39, 0.29) is 18.1 Å². The molecule has 3 nitrogen and oxygen atoms in total. The Labute approximate surface area is 98.8 Å². The molecule has 1 aliphatic rings. The molecule has 0 bridgehead atoms. The molecule has 0 aromatic rings. The minimum Gasteiger partial charge on any atom is -0.394 e. The normalized spacial score (nSPS) is 19.1. The largest absolute Gasteiger partial charge is 0.394 e. The number of aliphatic hydroxyl groups excluding tert-OH is 1. The van der Waals surface area contributed by atoms with Crippen LogP contribution in [0.15, 0.2) is 0 Å². The van der Waals surface area contributed by atoms with Crippen molar-refractivity contribution in [3.63, 3.8) is 0 Å². The summed E-state index contributed by atoms with van der Waals surface area (Å²) in [6.07, 6.45) is 5.80. The molecule has 1 N–H and O–H groups in total. The predicted octanol–water partition coefficient (Wildman–Crippen LogP) is 1.84. The first-order chi connectivity index (χ1) is 7.47. The van der Waals surface area contributed by atoms with Crippen LogP contribution < -0.4 is 0 Å². The van der Waals surface area contributed by atoms with Gasteiger partial charge in [-0.2, -0.15) is 0 Å². The van der Waals surface area contributed by atoms with Gasteiger partial charge in [0.15, 0.2) is 0 Å². The van der Waals surface area contributed by atoms with Gasteiger partial charge in [0.05, 0.1) is 13.2 Å². The summed E-state index contributed by atoms with van der Waals surface area (Å²) in [5.74, 6) is 0.620. The van der Waals surface area contributed by atoms with Crippen LogP contribution in [-0.4, -0.2) is 41.5 Å². The summed E-state index contributed by atoms with van der Waals surface area (Å²) in [6.45, 7) is 4.47. The van der Waals surface area contributed by atoms with Gasteiger partial charge < -0.3 is 5.11 Å². The van der Waals surface area contributed by atoms with Crippen LogP contribution in [0.3, 0.4) is 0 Å². The molecule has 94 valence electrons. The van der Waals surface area contributed by atoms with Crippen molar-refractivity contribution in [1.82, 2.24) is 4.90 Å². The number of Topliss-reactive ketones (excluding diaryl/α,β-unsaturated/α-hetero) is 1. The third-order valence-electron chi connectivity index (χ3n) is 3.87. The molecule has 1 rings (SSSR count). The highest BCUT2D eigenvalue weighted by Gasteiger charge is 2.27. The summed E-state index contributed by atoms with van der Waals surface area (Å²) in [5.41, 5.74) is -0.301. The molecule has 0 spiro atoms. The van der Waals surface area contributed by atoms with E-state index in [1.54, 1.807) is 0 Å². The van der Waals surface area contributed by atoms with E-state index in [2.05, 4.69) is 0 Å². The molecule has 0 aromatic carbocycles. The van der Waals surface area contributed by atoms with Crippen LogP contribution in [0.2, 0.25) is 0 Å². The molecule has 0 radical (unpaired) electrons. The van der Waals surface area contributed by atoms with Crippen molar-refractivity contribution in [2.45, 2.75) is 51.5 Å². The zero-order valence-electron chi connectivity index (χ0n) is 10.8. The van der Waals surface area contributed by atoms with Crippen LogP contribution in [0, 0.1) is 5.92 Å². The van der Waals surface area contributed by atoms with Gasteiger partial charge in [-0.15, -0.1) is 0 Å². The second kappa shape index (κ2) is 5.78. The number of rotatable bonds is 5. The lowest BCUT2D eigenvalue weighted by Crippen LogP contribution is -2.47. The van der Waals surface area contributed by atoms with Crippen LogP contribution in [0.4, 0.5) is 0 Å². The molecule has 0 heterocycles. The zero-order chi connectivity index (χ0) is 12.2. The Balaban J connectivity index is 2.43. The average molecular weight is 227 g/mol. The van der Waals surface area contributed by atoms with Crippen molar-refractivity contribution in [3.05, 3.63) is 0 Å². The third kappa shape index (κ3) is 3.56. The number of aliphatic hydroxyl groups is 1. The Hall–Kier alpha value is -0.410. The second-order valence-corrected chi connectivity index (χ2v) is 5.63. The molecule has 0 aromatic heterocycles. The molecule has 16 heavy (non-hydrogen) atoms. The van der Waals surface area contributed by atoms with E-state index in [4.69, 9.17) is 0 Å². The Kier molecular flexibility index (Phi) is 4.93. The van der Waals surface area contributed by atoms with Crippen molar-refractivity contribution in [1.29, 1.82) is 0 Å². The van der Waals surface area contributed by atoms with Gasteiger partial charge in [0.25, 0.3) is 0 Å². The molecule has 3 heteroatoms. The Bertz CT molecular complexity index is 232. The number of carbonyl (C=O) groups excluding carboxylic acids is 1. The fraction of sp³-hybridized carbons (Fsp3) is 0.923. The maximum Gasteiger partial charge on any atom is 0.149 e. The van der Waals surface area contributed by atoms with Crippen LogP contribution in [0.5, 0.6) is 0 Å². The molecule has 0 saturated heterocycles. The number of hydrogen-bond donors (Lipinski definition) is 1. The summed E-state index contributed by atoms with van der Waals surface area (Å²) < 4.78 is 0. The highest BCUT2D eigenvalue weighted by atomic mass is 16.3. The monoisotopic (exact) mass is 227 g/mol. The van der Waals surface area contributed by atoms with Gasteiger partial charge in [0, 0.05) is 11.5 Å². The molecule has 0 unspecified atom stereocenters. The van der Waals surface area contributed by atoms with Gasteiger partial charge in [-0.1, -0.05) is 19.3 Å². The summed E-state index contributed by atoms with van der Waals surface area (Å²) in [6, 6.07) is 0. The predicted molar refractivity (Wildman–Crippen MR) is 65.4 cm³/mol. The fourth-order valence-corrected chi connectivity index (χ4v) is 2.12. The van der Waals surface area contributed by atoms with Gasteiger partial charge in [0.1, 0.15) is 5.78 Å². The van der Waals surface area contributed by atoms with E-state index < -0.39 is 0 Å². The number of nitrogens with zero attached hydrogens (tertiary/aromatic N) is 1. The van der Waals surface area contributed by atoms with Crippen LogP contribution in [-0.2, 0) is 4.79 Å². The van der Waals surface area contributed by atoms with Crippen molar-refractivity contribution in [2.75, 3.05) is 20.2 Å². The van der Waals surface area contributed by atoms with E-state index in [1.807, 2.05) is 25.8 Å². The standard InChI is InChI=1S/C13H25NO2/c1-13(2,10-15)14(3)9-12(16)11-7-5-4-6-8-11/h11,15H,4-10H2,1-3H3. The fourth-order valence-electron chi connectivity index (χ4n) is 2.12. The number of likely N-dealkylation sites (N-methyl/N-ethyl adjacent to an activating group) is 1. The molecule has 0 atom stereocenters. The number of hydrogen-bond acceptors (Lipinski definition) is 3. The number of ketones is 1. The van der Waals surface area contributed by atoms with Crippen LogP contribution >= 0.6 is 0 Å². The van der Waals surface area contributed by atoms with Gasteiger partial charge >= 0.3 is 0 Å². The quantitative estimate of drug-likeness (QED) is 0.779. The molecule has 1 fully saturated rings. The van der Waals surface area contributed by atoms with Gasteiger partial charge in [0.2, 0.25) is 0 Å². The third-order valence-corrected chi connectivity index (χ3v) is 3.87. The molecule has 0 aliphatic heterocycles. The SMILES string of the molecule is CN(CC(=O)C1CCCCC1)C(C)(C)CO. The summed E-state index contributed by atoms with van der Waals surface area (Å²) in [7, 11) is 1.91. The first-order valence-electron chi connectivity index (χ1n) is 6.32. The van der Waals surface area contributed by atoms with Crippen LogP contribution in [0.1, 0.15) is 46.0 Å². The van der Waals surface area contributed by atoms with Gasteiger partial charge in [-0.05, 0) is 33.7 Å². The summed E-state index contributed by atoms with van der Waals surface area (Å²) in [5, 5.41) is 9.23. The smallest absolute Gasteiger partial charge is 0.149 e. The first kappa shape index (κ1) is 13.7. The maximum absolute atomic E-state index is 12.0. The Morgan fingerprint density at radius 3 is 2.38 bits per heavy atom. The lowest BCUT2D eigenvalue weighted by Gasteiger charge is -2.34. The molecular formula is C13H25NO2. The molecule has 0 amide bonds. The molecular weight excluding hydrogens is 202 g/mol. The highest BCUT2D eigenvalue weighted by Crippen LogP contribution is 2.25. The van der Waals surface area contributed by atoms with Crippen molar-refractivity contribution < 1.29 is 9.90 Å². The Morgan fingerprint density at radius 2 is 1.88 bits per heavy atom. The average Bonchev–Trinajstić information content (AvgIpc) is 2.30. The second-order valence-electron chi connectivity index (χ2n) is 5.63. The van der Waals surface area contributed by atoms with E-state index in [0.29, 0.717) is 12.3 Å². The van der Waals surface area contributed by atoms with Crippen LogP contribution in [0.25, 0.3) is 0 Å². The van der Waals surface area contributed by atoms with Gasteiger partial charge in [-0.25, -0.2) is 0 Å². The van der Waals surface area contributed by atoms with Crippen molar-refractivity contribution in [3.8, 4) is 0 Å². The topological polar surface area (TPSA) is 40.5 Å².